The Bertz CT molecular complexity index is 521. The summed E-state index contributed by atoms with van der Waals surface area (Å²) in [5, 5.41) is 9.65. The van der Waals surface area contributed by atoms with Gasteiger partial charge < -0.3 is 10.8 Å². The third kappa shape index (κ3) is 1.38. The second-order valence-electron chi connectivity index (χ2n) is 2.79. The van der Waals surface area contributed by atoms with E-state index in [2.05, 4.69) is 15.9 Å². The zero-order chi connectivity index (χ0) is 10.3. The number of fused-ring (bicyclic) bond motifs is 1. The molecule has 0 saturated carbocycles. The lowest BCUT2D eigenvalue weighted by atomic mass is 10.2. The first kappa shape index (κ1) is 9.48. The Morgan fingerprint density at radius 2 is 2.21 bits per heavy atom. The zero-order valence-electron chi connectivity index (χ0n) is 6.95. The topological polar surface area (TPSA) is 63.3 Å². The molecule has 1 heterocycles. The van der Waals surface area contributed by atoms with Gasteiger partial charge in [0.1, 0.15) is 4.88 Å². The summed E-state index contributed by atoms with van der Waals surface area (Å²) in [4.78, 5) is 11.0. The predicted molar refractivity (Wildman–Crippen MR) is 60.9 cm³/mol. The van der Waals surface area contributed by atoms with Crippen LogP contribution in [0.4, 0.5) is 5.69 Å². The number of carboxylic acid groups (broad SMARTS) is 1. The Morgan fingerprint density at radius 1 is 1.50 bits per heavy atom. The highest BCUT2D eigenvalue weighted by atomic mass is 79.9. The van der Waals surface area contributed by atoms with Crippen molar-refractivity contribution in [2.24, 2.45) is 0 Å². The van der Waals surface area contributed by atoms with Crippen molar-refractivity contribution in [3.8, 4) is 0 Å². The van der Waals surface area contributed by atoms with Crippen LogP contribution in [-0.2, 0) is 0 Å². The van der Waals surface area contributed by atoms with Gasteiger partial charge in [-0.3, -0.25) is 0 Å². The molecule has 3 nitrogen and oxygen atoms in total. The number of nitrogens with two attached hydrogens (primary N) is 1. The first-order valence-corrected chi connectivity index (χ1v) is 5.41. The van der Waals surface area contributed by atoms with Crippen LogP contribution in [0.5, 0.6) is 0 Å². The number of anilines is 1. The van der Waals surface area contributed by atoms with Crippen LogP contribution in [0.25, 0.3) is 10.1 Å². The Hall–Kier alpha value is -1.07. The molecule has 2 aromatic rings. The molecule has 72 valence electrons. The summed E-state index contributed by atoms with van der Waals surface area (Å²) in [5.74, 6) is -0.972. The number of thiophene rings is 1. The molecule has 0 amide bonds. The second kappa shape index (κ2) is 3.25. The fraction of sp³-hybridized carbons (Fsp3) is 0. The average Bonchev–Trinajstić information content (AvgIpc) is 2.44. The standard InChI is InChI=1S/C9H6BrNO2S/c10-4-1-2-6-5(3-4)7(11)8(14-6)9(12)13/h1-3H,11H2,(H,12,13). The van der Waals surface area contributed by atoms with E-state index >= 15 is 0 Å². The van der Waals surface area contributed by atoms with Gasteiger partial charge in [-0.1, -0.05) is 15.9 Å². The normalized spacial score (nSPS) is 10.6. The molecular formula is C9H6BrNO2S. The summed E-state index contributed by atoms with van der Waals surface area (Å²) in [6.45, 7) is 0. The molecule has 0 saturated heterocycles. The molecule has 0 bridgehead atoms. The minimum absolute atomic E-state index is 0.207. The van der Waals surface area contributed by atoms with Crippen LogP contribution in [0, 0.1) is 0 Å². The summed E-state index contributed by atoms with van der Waals surface area (Å²) in [6, 6.07) is 5.55. The fourth-order valence-corrected chi connectivity index (χ4v) is 2.55. The molecule has 5 heteroatoms. The molecule has 0 spiro atoms. The number of benzene rings is 1. The largest absolute Gasteiger partial charge is 0.477 e. The lowest BCUT2D eigenvalue weighted by molar-refractivity contribution is 0.0703. The van der Waals surface area contributed by atoms with Crippen molar-refractivity contribution in [1.82, 2.24) is 0 Å². The van der Waals surface area contributed by atoms with Crippen molar-refractivity contribution in [3.05, 3.63) is 27.5 Å². The number of carbonyl (C=O) groups is 1. The molecule has 0 fully saturated rings. The Balaban J connectivity index is 2.80. The van der Waals surface area contributed by atoms with Crippen molar-refractivity contribution in [3.63, 3.8) is 0 Å². The fourth-order valence-electron chi connectivity index (χ4n) is 1.25. The minimum Gasteiger partial charge on any atom is -0.477 e. The summed E-state index contributed by atoms with van der Waals surface area (Å²) in [7, 11) is 0. The first-order chi connectivity index (χ1) is 6.59. The highest BCUT2D eigenvalue weighted by Crippen LogP contribution is 2.35. The number of carboxylic acids is 1. The Labute approximate surface area is 92.3 Å². The van der Waals surface area contributed by atoms with Crippen LogP contribution in [0.2, 0.25) is 0 Å². The summed E-state index contributed by atoms with van der Waals surface area (Å²) < 4.78 is 1.79. The smallest absolute Gasteiger partial charge is 0.348 e. The highest BCUT2D eigenvalue weighted by molar-refractivity contribution is 9.10. The van der Waals surface area contributed by atoms with E-state index < -0.39 is 5.97 Å². The van der Waals surface area contributed by atoms with Crippen molar-refractivity contribution in [1.29, 1.82) is 0 Å². The lowest BCUT2D eigenvalue weighted by Crippen LogP contribution is -1.96. The van der Waals surface area contributed by atoms with Gasteiger partial charge in [0, 0.05) is 14.6 Å². The van der Waals surface area contributed by atoms with E-state index in [1.54, 1.807) is 0 Å². The van der Waals surface area contributed by atoms with Crippen LogP contribution in [0.15, 0.2) is 22.7 Å². The number of hydrogen-bond donors (Lipinski definition) is 2. The number of rotatable bonds is 1. The van der Waals surface area contributed by atoms with Gasteiger partial charge in [-0.05, 0) is 18.2 Å². The van der Waals surface area contributed by atoms with Crippen molar-refractivity contribution in [2.75, 3.05) is 5.73 Å². The molecule has 2 rings (SSSR count). The van der Waals surface area contributed by atoms with Crippen molar-refractivity contribution >= 4 is 49.0 Å². The molecule has 0 unspecified atom stereocenters. The number of hydrogen-bond acceptors (Lipinski definition) is 3. The SMILES string of the molecule is Nc1c(C(=O)O)sc2ccc(Br)cc12. The van der Waals surface area contributed by atoms with Gasteiger partial charge in [-0.2, -0.15) is 0 Å². The molecule has 0 aliphatic heterocycles. The molecule has 0 radical (unpaired) electrons. The van der Waals surface area contributed by atoms with Gasteiger partial charge in [0.25, 0.3) is 0 Å². The molecule has 0 aliphatic carbocycles. The van der Waals surface area contributed by atoms with Gasteiger partial charge in [0.15, 0.2) is 0 Å². The van der Waals surface area contributed by atoms with Crippen LogP contribution >= 0.6 is 27.3 Å². The van der Waals surface area contributed by atoms with Crippen LogP contribution < -0.4 is 5.73 Å². The molecule has 3 N–H and O–H groups in total. The number of halogens is 1. The van der Waals surface area contributed by atoms with E-state index in [4.69, 9.17) is 10.8 Å². The van der Waals surface area contributed by atoms with Crippen molar-refractivity contribution in [2.45, 2.75) is 0 Å². The predicted octanol–water partition coefficient (Wildman–Crippen LogP) is 2.94. The van der Waals surface area contributed by atoms with E-state index in [-0.39, 0.29) is 4.88 Å². The van der Waals surface area contributed by atoms with Crippen LogP contribution in [0.1, 0.15) is 9.67 Å². The molecule has 1 aromatic carbocycles. The molecule has 0 aliphatic rings. The highest BCUT2D eigenvalue weighted by Gasteiger charge is 2.14. The summed E-state index contributed by atoms with van der Waals surface area (Å²) in [6.07, 6.45) is 0. The first-order valence-electron chi connectivity index (χ1n) is 3.80. The monoisotopic (exact) mass is 271 g/mol. The van der Waals surface area contributed by atoms with Crippen LogP contribution in [-0.4, -0.2) is 11.1 Å². The van der Waals surface area contributed by atoms with E-state index in [0.29, 0.717) is 5.69 Å². The Kier molecular flexibility index (Phi) is 2.20. The third-order valence-corrected chi connectivity index (χ3v) is 3.55. The average molecular weight is 272 g/mol. The zero-order valence-corrected chi connectivity index (χ0v) is 9.35. The van der Waals surface area contributed by atoms with Crippen LogP contribution in [0.3, 0.4) is 0 Å². The third-order valence-electron chi connectivity index (χ3n) is 1.88. The maximum absolute atomic E-state index is 10.8. The van der Waals surface area contributed by atoms with Crippen molar-refractivity contribution < 1.29 is 9.90 Å². The number of aromatic carboxylic acids is 1. The Morgan fingerprint density at radius 3 is 2.86 bits per heavy atom. The minimum atomic E-state index is -0.972. The lowest BCUT2D eigenvalue weighted by Gasteiger charge is -1.93. The van der Waals surface area contributed by atoms with E-state index in [9.17, 15) is 4.79 Å². The molecule has 0 atom stereocenters. The molecule has 14 heavy (non-hydrogen) atoms. The second-order valence-corrected chi connectivity index (χ2v) is 4.76. The summed E-state index contributed by atoms with van der Waals surface area (Å²) >= 11 is 4.51. The van der Waals surface area contributed by atoms with Gasteiger partial charge in [-0.25, -0.2) is 4.79 Å². The van der Waals surface area contributed by atoms with E-state index in [1.165, 1.54) is 11.3 Å². The maximum atomic E-state index is 10.8. The van der Waals surface area contributed by atoms with Gasteiger partial charge in [0.2, 0.25) is 0 Å². The molecule has 1 aromatic heterocycles. The number of nitrogen functional groups attached to an aromatic ring is 1. The van der Waals surface area contributed by atoms with Gasteiger partial charge >= 0.3 is 5.97 Å². The van der Waals surface area contributed by atoms with Gasteiger partial charge in [0.05, 0.1) is 5.69 Å². The maximum Gasteiger partial charge on any atom is 0.348 e. The molecular weight excluding hydrogens is 266 g/mol. The van der Waals surface area contributed by atoms with Gasteiger partial charge in [-0.15, -0.1) is 11.3 Å². The summed E-state index contributed by atoms with van der Waals surface area (Å²) in [5.41, 5.74) is 6.06. The van der Waals surface area contributed by atoms with E-state index in [1.807, 2.05) is 18.2 Å². The van der Waals surface area contributed by atoms with E-state index in [0.717, 1.165) is 14.6 Å². The quantitative estimate of drug-likeness (QED) is 0.838.